The Labute approximate surface area is 101 Å². The van der Waals surface area contributed by atoms with Gasteiger partial charge in [0.1, 0.15) is 0 Å². The minimum Gasteiger partial charge on any atom is -0.582 e. The SMILES string of the molecule is O=[N+]([O-])c1cccc([N+](=O)[O-])c1.[O-][S+](Cl)Cl. The number of nitro benzene ring substituents is 2. The fraction of sp³-hybridized carbons (Fsp3) is 0. The van der Waals surface area contributed by atoms with Crippen LogP contribution in [0.4, 0.5) is 11.4 Å². The molecule has 0 heterocycles. The minimum absolute atomic E-state index is 0.274. The Morgan fingerprint density at radius 1 is 1.06 bits per heavy atom. The monoisotopic (exact) mass is 286 g/mol. The molecule has 0 spiro atoms. The third kappa shape index (κ3) is 6.40. The van der Waals surface area contributed by atoms with E-state index in [1.165, 1.54) is 18.2 Å². The number of halogens is 2. The van der Waals surface area contributed by atoms with Gasteiger partial charge in [0.2, 0.25) is 0 Å². The van der Waals surface area contributed by atoms with Crippen LogP contribution in [-0.4, -0.2) is 14.4 Å². The van der Waals surface area contributed by atoms with Crippen molar-refractivity contribution >= 4 is 42.3 Å². The normalized spacial score (nSPS) is 9.25. The van der Waals surface area contributed by atoms with E-state index >= 15 is 0 Å². The van der Waals surface area contributed by atoms with E-state index in [2.05, 4.69) is 21.4 Å². The van der Waals surface area contributed by atoms with Crippen LogP contribution in [0.15, 0.2) is 24.3 Å². The summed E-state index contributed by atoms with van der Waals surface area (Å²) in [5.41, 5.74) is -0.548. The fourth-order valence-corrected chi connectivity index (χ4v) is 0.720. The second-order valence-electron chi connectivity index (χ2n) is 2.22. The van der Waals surface area contributed by atoms with Gasteiger partial charge in [0.25, 0.3) is 11.4 Å². The van der Waals surface area contributed by atoms with Gasteiger partial charge < -0.3 is 4.55 Å². The van der Waals surface area contributed by atoms with Crippen molar-refractivity contribution in [3.8, 4) is 0 Å². The summed E-state index contributed by atoms with van der Waals surface area (Å²) >= 11 is 0. The molecule has 0 saturated heterocycles. The maximum atomic E-state index is 10.2. The van der Waals surface area contributed by atoms with Crippen molar-refractivity contribution < 1.29 is 14.4 Å². The highest BCUT2D eigenvalue weighted by atomic mass is 36.0. The largest absolute Gasteiger partial charge is 0.582 e. The molecule has 0 amide bonds. The van der Waals surface area contributed by atoms with Crippen molar-refractivity contribution in [2.75, 3.05) is 0 Å². The van der Waals surface area contributed by atoms with E-state index in [9.17, 15) is 20.2 Å². The number of nitrogens with zero attached hydrogens (tertiary/aromatic N) is 2. The molecule has 0 aliphatic carbocycles. The van der Waals surface area contributed by atoms with Gasteiger partial charge in [-0.1, -0.05) is 0 Å². The van der Waals surface area contributed by atoms with Crippen LogP contribution in [0, 0.1) is 20.2 Å². The molecule has 0 saturated carbocycles. The zero-order valence-electron chi connectivity index (χ0n) is 7.41. The van der Waals surface area contributed by atoms with Crippen molar-refractivity contribution in [2.45, 2.75) is 0 Å². The molecular weight excluding hydrogens is 283 g/mol. The van der Waals surface area contributed by atoms with Crippen molar-refractivity contribution in [1.82, 2.24) is 0 Å². The van der Waals surface area contributed by atoms with Gasteiger partial charge in [0, 0.05) is 12.1 Å². The Kier molecular flexibility index (Phi) is 6.74. The molecule has 0 aliphatic heterocycles. The van der Waals surface area contributed by atoms with Crippen LogP contribution in [0.3, 0.4) is 0 Å². The van der Waals surface area contributed by atoms with Gasteiger partial charge in [-0.2, -0.15) is 0 Å². The third-order valence-corrected chi connectivity index (χ3v) is 1.25. The van der Waals surface area contributed by atoms with E-state index in [1.807, 2.05) is 0 Å². The van der Waals surface area contributed by atoms with Gasteiger partial charge >= 0.3 is 0 Å². The van der Waals surface area contributed by atoms with Crippen LogP contribution in [-0.2, 0) is 9.60 Å². The highest BCUT2D eigenvalue weighted by Gasteiger charge is 2.11. The first kappa shape index (κ1) is 14.9. The van der Waals surface area contributed by atoms with Crippen molar-refractivity contribution in [1.29, 1.82) is 0 Å². The Bertz CT molecular complexity index is 357. The summed E-state index contributed by atoms with van der Waals surface area (Å²) in [4.78, 5) is 19.0. The van der Waals surface area contributed by atoms with Crippen LogP contribution in [0.2, 0.25) is 0 Å². The van der Waals surface area contributed by atoms with Gasteiger partial charge in [-0.15, -0.1) is 0 Å². The number of hydrogen-bond donors (Lipinski definition) is 0. The van der Waals surface area contributed by atoms with E-state index in [-0.39, 0.29) is 11.4 Å². The van der Waals surface area contributed by atoms with Gasteiger partial charge in [-0.25, -0.2) is 0 Å². The third-order valence-electron chi connectivity index (χ3n) is 1.25. The predicted octanol–water partition coefficient (Wildman–Crippen LogP) is 2.55. The number of rotatable bonds is 2. The first-order valence-corrected chi connectivity index (χ1v) is 6.28. The molecule has 10 heteroatoms. The van der Waals surface area contributed by atoms with Crippen LogP contribution in [0.1, 0.15) is 0 Å². The Hall–Kier alpha value is -1.09. The van der Waals surface area contributed by atoms with E-state index < -0.39 is 19.4 Å². The summed E-state index contributed by atoms with van der Waals surface area (Å²) in [6.07, 6.45) is 0. The summed E-state index contributed by atoms with van der Waals surface area (Å²) in [5.74, 6) is 0. The number of benzene rings is 1. The smallest absolute Gasteiger partial charge is 0.276 e. The number of non-ortho nitro benzene ring substituents is 2. The average Bonchev–Trinajstić information content (AvgIpc) is 2.17. The number of hydrogen-bond acceptors (Lipinski definition) is 5. The summed E-state index contributed by atoms with van der Waals surface area (Å²) in [5, 5.41) is 20.3. The second-order valence-corrected chi connectivity index (χ2v) is 4.74. The molecule has 0 bridgehead atoms. The van der Waals surface area contributed by atoms with Crippen molar-refractivity contribution in [3.05, 3.63) is 44.5 Å². The Morgan fingerprint density at radius 2 is 1.38 bits per heavy atom. The first-order valence-electron chi connectivity index (χ1n) is 3.47. The number of nitro groups is 2. The van der Waals surface area contributed by atoms with Gasteiger partial charge in [-0.3, -0.25) is 20.2 Å². The fourth-order valence-electron chi connectivity index (χ4n) is 0.720. The lowest BCUT2D eigenvalue weighted by Gasteiger charge is -1.90. The maximum Gasteiger partial charge on any atom is 0.276 e. The first-order chi connectivity index (χ1) is 7.34. The van der Waals surface area contributed by atoms with Crippen LogP contribution >= 0.6 is 21.4 Å². The molecule has 88 valence electrons. The lowest BCUT2D eigenvalue weighted by Crippen LogP contribution is -1.91. The molecule has 7 nitrogen and oxygen atoms in total. The molecule has 0 fully saturated rings. The van der Waals surface area contributed by atoms with Crippen molar-refractivity contribution in [2.24, 2.45) is 0 Å². The topological polar surface area (TPSA) is 109 Å². The zero-order chi connectivity index (χ0) is 12.7. The molecular formula is C6H4Cl2N2O5S. The summed E-state index contributed by atoms with van der Waals surface area (Å²) in [6.45, 7) is 0. The minimum atomic E-state index is -1.67. The van der Waals surface area contributed by atoms with E-state index in [0.29, 0.717) is 0 Å². The molecule has 1 rings (SSSR count). The maximum absolute atomic E-state index is 10.2. The molecule has 16 heavy (non-hydrogen) atoms. The van der Waals surface area contributed by atoms with Crippen LogP contribution < -0.4 is 0 Å². The van der Waals surface area contributed by atoms with Gasteiger partial charge in [-0.05, 0) is 6.07 Å². The van der Waals surface area contributed by atoms with Gasteiger partial charge in [0.15, 0.2) is 31.0 Å². The zero-order valence-corrected chi connectivity index (χ0v) is 9.74. The molecule has 0 unspecified atom stereocenters. The second kappa shape index (κ2) is 7.23. The van der Waals surface area contributed by atoms with Crippen LogP contribution in [0.5, 0.6) is 0 Å². The summed E-state index contributed by atoms with van der Waals surface area (Å²) in [7, 11) is 7.36. The summed E-state index contributed by atoms with van der Waals surface area (Å²) in [6, 6.07) is 4.59. The van der Waals surface area contributed by atoms with Crippen molar-refractivity contribution in [3.63, 3.8) is 0 Å². The Balaban J connectivity index is 0.000000487. The molecule has 0 aromatic heterocycles. The highest BCUT2D eigenvalue weighted by molar-refractivity contribution is 8.31. The quantitative estimate of drug-likeness (QED) is 0.471. The summed E-state index contributed by atoms with van der Waals surface area (Å²) < 4.78 is 9.09. The van der Waals surface area contributed by atoms with E-state index in [0.717, 1.165) is 6.07 Å². The average molecular weight is 287 g/mol. The molecule has 1 aromatic carbocycles. The molecule has 0 radical (unpaired) electrons. The molecule has 0 aliphatic rings. The lowest BCUT2D eigenvalue weighted by atomic mass is 10.3. The Morgan fingerprint density at radius 3 is 1.62 bits per heavy atom. The molecule has 0 N–H and O–H groups in total. The molecule has 0 atom stereocenters. The highest BCUT2D eigenvalue weighted by Crippen LogP contribution is 2.18. The van der Waals surface area contributed by atoms with E-state index in [1.54, 1.807) is 0 Å². The van der Waals surface area contributed by atoms with Crippen LogP contribution in [0.25, 0.3) is 0 Å². The van der Waals surface area contributed by atoms with E-state index in [4.69, 9.17) is 4.55 Å². The lowest BCUT2D eigenvalue weighted by molar-refractivity contribution is -0.394. The standard InChI is InChI=1S/C6H4N2O4.Cl2OS/c9-7(10)5-2-1-3-6(4-5)8(11)12;1-4(2)3/h1-4H;. The molecule has 1 aromatic rings. The van der Waals surface area contributed by atoms with Gasteiger partial charge in [0.05, 0.1) is 15.9 Å². The predicted molar refractivity (Wildman–Crippen MR) is 59.6 cm³/mol.